The summed E-state index contributed by atoms with van der Waals surface area (Å²) in [6.07, 6.45) is 2.36. The van der Waals surface area contributed by atoms with Gasteiger partial charge in [-0.05, 0) is 58.0 Å². The van der Waals surface area contributed by atoms with Crippen LogP contribution in [-0.4, -0.2) is 63.9 Å². The van der Waals surface area contributed by atoms with Crippen LogP contribution >= 0.6 is 0 Å². The first-order chi connectivity index (χ1) is 12.5. The summed E-state index contributed by atoms with van der Waals surface area (Å²) in [5, 5.41) is 14.3. The van der Waals surface area contributed by atoms with Crippen molar-refractivity contribution in [2.24, 2.45) is 0 Å². The predicted molar refractivity (Wildman–Crippen MR) is 95.0 cm³/mol. The second-order valence-corrected chi connectivity index (χ2v) is 7.56. The Bertz CT molecular complexity index is 773. The fourth-order valence-electron chi connectivity index (χ4n) is 4.03. The van der Waals surface area contributed by atoms with E-state index in [-0.39, 0.29) is 18.0 Å². The van der Waals surface area contributed by atoms with Gasteiger partial charge in [-0.15, -0.1) is 0 Å². The van der Waals surface area contributed by atoms with Crippen LogP contribution in [0.4, 0.5) is 4.39 Å². The standard InChI is InChI=1S/C19H25FN4O2/c1-12-3-4-13(9-16(12)20)18-21-19(26-22-18)17-10-15(25)11-24(17)14-5-7-23(2)8-6-14/h3-4,9,14-15,17,25H,5-8,10-11H2,1-2H3. The minimum atomic E-state index is -0.383. The van der Waals surface area contributed by atoms with Crippen molar-refractivity contribution in [3.05, 3.63) is 35.5 Å². The molecule has 2 unspecified atom stereocenters. The Morgan fingerprint density at radius 1 is 1.27 bits per heavy atom. The second kappa shape index (κ2) is 7.06. The van der Waals surface area contributed by atoms with Gasteiger partial charge in [0.25, 0.3) is 0 Å². The molecule has 2 aliphatic rings. The molecule has 2 aliphatic heterocycles. The quantitative estimate of drug-likeness (QED) is 0.907. The van der Waals surface area contributed by atoms with Gasteiger partial charge in [0.05, 0.1) is 12.1 Å². The van der Waals surface area contributed by atoms with Gasteiger partial charge in [0.2, 0.25) is 11.7 Å². The van der Waals surface area contributed by atoms with Crippen molar-refractivity contribution in [3.8, 4) is 11.4 Å². The summed E-state index contributed by atoms with van der Waals surface area (Å²) in [4.78, 5) is 9.16. The van der Waals surface area contributed by atoms with Crippen molar-refractivity contribution in [1.82, 2.24) is 19.9 Å². The van der Waals surface area contributed by atoms with Gasteiger partial charge in [0, 0.05) is 18.2 Å². The first-order valence-electron chi connectivity index (χ1n) is 9.23. The molecule has 1 aromatic carbocycles. The lowest BCUT2D eigenvalue weighted by molar-refractivity contribution is 0.0881. The first kappa shape index (κ1) is 17.6. The highest BCUT2D eigenvalue weighted by Crippen LogP contribution is 2.36. The number of halogens is 1. The third kappa shape index (κ3) is 3.39. The number of nitrogens with zero attached hydrogens (tertiary/aromatic N) is 4. The van der Waals surface area contributed by atoms with Crippen LogP contribution in [-0.2, 0) is 0 Å². The molecule has 1 aromatic heterocycles. The molecule has 0 amide bonds. The lowest BCUT2D eigenvalue weighted by Crippen LogP contribution is -2.43. The summed E-state index contributed by atoms with van der Waals surface area (Å²) in [7, 11) is 2.14. The minimum absolute atomic E-state index is 0.0741. The van der Waals surface area contributed by atoms with Crippen LogP contribution in [0.2, 0.25) is 0 Å². The van der Waals surface area contributed by atoms with E-state index in [0.29, 0.717) is 41.8 Å². The van der Waals surface area contributed by atoms with Gasteiger partial charge in [0.15, 0.2) is 0 Å². The molecule has 4 rings (SSSR count). The topological polar surface area (TPSA) is 65.6 Å². The van der Waals surface area contributed by atoms with E-state index >= 15 is 0 Å². The first-order valence-corrected chi connectivity index (χ1v) is 9.23. The molecule has 0 radical (unpaired) electrons. The molecule has 2 aromatic rings. The number of aryl methyl sites for hydroxylation is 1. The predicted octanol–water partition coefficient (Wildman–Crippen LogP) is 2.39. The molecule has 0 spiro atoms. The van der Waals surface area contributed by atoms with E-state index in [0.717, 1.165) is 25.9 Å². The molecule has 2 saturated heterocycles. The van der Waals surface area contributed by atoms with E-state index in [1.807, 2.05) is 0 Å². The van der Waals surface area contributed by atoms with Crippen molar-refractivity contribution in [1.29, 1.82) is 0 Å². The molecule has 2 fully saturated rings. The van der Waals surface area contributed by atoms with Crippen LogP contribution in [0.1, 0.15) is 36.8 Å². The molecule has 140 valence electrons. The largest absolute Gasteiger partial charge is 0.392 e. The van der Waals surface area contributed by atoms with Crippen molar-refractivity contribution in [2.45, 2.75) is 44.4 Å². The Kier molecular flexibility index (Phi) is 4.77. The van der Waals surface area contributed by atoms with Gasteiger partial charge in [-0.1, -0.05) is 17.3 Å². The molecule has 6 nitrogen and oxygen atoms in total. The number of hydrogen-bond donors (Lipinski definition) is 1. The maximum Gasteiger partial charge on any atom is 0.244 e. The number of benzene rings is 1. The number of aliphatic hydroxyl groups is 1. The van der Waals surface area contributed by atoms with Crippen molar-refractivity contribution < 1.29 is 14.0 Å². The minimum Gasteiger partial charge on any atom is -0.392 e. The number of aromatic nitrogens is 2. The van der Waals surface area contributed by atoms with E-state index in [9.17, 15) is 9.50 Å². The van der Waals surface area contributed by atoms with Crippen LogP contribution in [0.25, 0.3) is 11.4 Å². The highest BCUT2D eigenvalue weighted by atomic mass is 19.1. The average Bonchev–Trinajstić information content (AvgIpc) is 3.25. The van der Waals surface area contributed by atoms with Crippen LogP contribution in [0.3, 0.4) is 0 Å². The number of piperidine rings is 1. The number of rotatable bonds is 3. The Balaban J connectivity index is 1.56. The van der Waals surface area contributed by atoms with Gasteiger partial charge in [-0.3, -0.25) is 4.90 Å². The van der Waals surface area contributed by atoms with E-state index < -0.39 is 0 Å². The lowest BCUT2D eigenvalue weighted by Gasteiger charge is -2.37. The number of aliphatic hydroxyl groups excluding tert-OH is 1. The summed E-state index contributed by atoms with van der Waals surface area (Å²) in [5.74, 6) is 0.623. The number of likely N-dealkylation sites (tertiary alicyclic amines) is 2. The van der Waals surface area contributed by atoms with Gasteiger partial charge in [0.1, 0.15) is 5.82 Å². The van der Waals surface area contributed by atoms with Gasteiger partial charge < -0.3 is 14.5 Å². The average molecular weight is 360 g/mol. The second-order valence-electron chi connectivity index (χ2n) is 7.56. The molecule has 0 saturated carbocycles. The third-order valence-corrected chi connectivity index (χ3v) is 5.63. The molecular weight excluding hydrogens is 335 g/mol. The highest BCUT2D eigenvalue weighted by Gasteiger charge is 2.40. The van der Waals surface area contributed by atoms with Crippen LogP contribution in [0, 0.1) is 12.7 Å². The molecule has 1 N–H and O–H groups in total. The van der Waals surface area contributed by atoms with E-state index in [1.165, 1.54) is 6.07 Å². The zero-order chi connectivity index (χ0) is 18.3. The van der Waals surface area contributed by atoms with Crippen LogP contribution in [0.5, 0.6) is 0 Å². The Hall–Kier alpha value is -1.83. The van der Waals surface area contributed by atoms with Crippen LogP contribution in [0.15, 0.2) is 22.7 Å². The monoisotopic (exact) mass is 360 g/mol. The van der Waals surface area contributed by atoms with Crippen molar-refractivity contribution in [3.63, 3.8) is 0 Å². The Morgan fingerprint density at radius 2 is 2.04 bits per heavy atom. The van der Waals surface area contributed by atoms with Gasteiger partial charge in [-0.25, -0.2) is 4.39 Å². The van der Waals surface area contributed by atoms with E-state index in [4.69, 9.17) is 4.52 Å². The van der Waals surface area contributed by atoms with E-state index in [2.05, 4.69) is 27.0 Å². The highest BCUT2D eigenvalue weighted by molar-refractivity contribution is 5.55. The van der Waals surface area contributed by atoms with Gasteiger partial charge >= 0.3 is 0 Å². The lowest BCUT2D eigenvalue weighted by atomic mass is 10.0. The summed E-state index contributed by atoms with van der Waals surface area (Å²) < 4.78 is 19.3. The zero-order valence-corrected chi connectivity index (χ0v) is 15.2. The SMILES string of the molecule is Cc1ccc(-c2noc(C3CC(O)CN3C3CCN(C)CC3)n2)cc1F. The zero-order valence-electron chi connectivity index (χ0n) is 15.2. The fourth-order valence-corrected chi connectivity index (χ4v) is 4.03. The maximum atomic E-state index is 13.8. The third-order valence-electron chi connectivity index (χ3n) is 5.63. The fraction of sp³-hybridized carbons (Fsp3) is 0.579. The number of β-amino-alcohol motifs (C(OH)–C–C–N with tert-alkyl or cyclic N) is 1. The molecule has 26 heavy (non-hydrogen) atoms. The number of hydrogen-bond acceptors (Lipinski definition) is 6. The Morgan fingerprint density at radius 3 is 2.77 bits per heavy atom. The summed E-state index contributed by atoms with van der Waals surface area (Å²) in [6.45, 7) is 4.47. The normalized spacial score (nSPS) is 25.8. The molecule has 7 heteroatoms. The molecular formula is C19H25FN4O2. The van der Waals surface area contributed by atoms with Crippen molar-refractivity contribution >= 4 is 0 Å². The molecule has 2 atom stereocenters. The molecule has 0 aliphatic carbocycles. The van der Waals surface area contributed by atoms with Crippen molar-refractivity contribution in [2.75, 3.05) is 26.7 Å². The molecule has 0 bridgehead atoms. The van der Waals surface area contributed by atoms with E-state index in [1.54, 1.807) is 19.1 Å². The summed E-state index contributed by atoms with van der Waals surface area (Å²) in [5.41, 5.74) is 1.19. The summed E-state index contributed by atoms with van der Waals surface area (Å²) >= 11 is 0. The van der Waals surface area contributed by atoms with Crippen LogP contribution < -0.4 is 0 Å². The molecule has 3 heterocycles. The maximum absolute atomic E-state index is 13.8. The smallest absolute Gasteiger partial charge is 0.244 e. The summed E-state index contributed by atoms with van der Waals surface area (Å²) in [6, 6.07) is 5.29. The Labute approximate surface area is 152 Å². The van der Waals surface area contributed by atoms with Gasteiger partial charge in [-0.2, -0.15) is 4.98 Å².